The molecule has 0 bridgehead atoms. The van der Waals surface area contributed by atoms with E-state index in [1.807, 2.05) is 17.4 Å². The molecule has 1 aromatic heterocycles. The number of nitrogens with one attached hydrogen (secondary N) is 1. The summed E-state index contributed by atoms with van der Waals surface area (Å²) in [6, 6.07) is 2.03. The molecule has 2 rings (SSSR count). The van der Waals surface area contributed by atoms with Crippen LogP contribution in [0.2, 0.25) is 5.02 Å². The topological polar surface area (TPSA) is 12.0 Å². The zero-order valence-corrected chi connectivity index (χ0v) is 11.5. The van der Waals surface area contributed by atoms with Crippen molar-refractivity contribution in [3.05, 3.63) is 21.3 Å². The van der Waals surface area contributed by atoms with Gasteiger partial charge in [-0.25, -0.2) is 0 Å². The minimum atomic E-state index is 0.163. The fraction of sp³-hybridized carbons (Fsp3) is 0.692. The zero-order valence-electron chi connectivity index (χ0n) is 9.89. The molecule has 1 aromatic rings. The maximum absolute atomic E-state index is 6.32. The van der Waals surface area contributed by atoms with Crippen LogP contribution in [0.4, 0.5) is 0 Å². The molecule has 0 aromatic carbocycles. The summed E-state index contributed by atoms with van der Waals surface area (Å²) in [5.74, 6) is 0. The van der Waals surface area contributed by atoms with E-state index in [0.29, 0.717) is 0 Å². The molecule has 0 spiro atoms. The second-order valence-electron chi connectivity index (χ2n) is 4.67. The van der Waals surface area contributed by atoms with Crippen molar-refractivity contribution in [2.75, 3.05) is 6.54 Å². The minimum Gasteiger partial charge on any atom is -0.307 e. The average Bonchev–Trinajstić information content (AvgIpc) is 2.57. The first-order valence-corrected chi connectivity index (χ1v) is 7.53. The Morgan fingerprint density at radius 1 is 1.44 bits per heavy atom. The van der Waals surface area contributed by atoms with Crippen molar-refractivity contribution in [2.24, 2.45) is 0 Å². The standard InChI is InChI=1S/C13H20ClNS/c1-2-7-13(8-4-3-5-9-15-13)12-11(14)6-10-16-12/h6,10,15H,2-5,7-9H2,1H3. The Kier molecular flexibility index (Phi) is 4.28. The molecule has 16 heavy (non-hydrogen) atoms. The molecular formula is C13H20ClNS. The summed E-state index contributed by atoms with van der Waals surface area (Å²) >= 11 is 8.13. The van der Waals surface area contributed by atoms with E-state index in [1.54, 1.807) is 0 Å². The van der Waals surface area contributed by atoms with Gasteiger partial charge in [-0.15, -0.1) is 11.3 Å². The first-order valence-electron chi connectivity index (χ1n) is 6.27. The van der Waals surface area contributed by atoms with Gasteiger partial charge in [0, 0.05) is 4.88 Å². The van der Waals surface area contributed by atoms with E-state index < -0.39 is 0 Å². The normalized spacial score (nSPS) is 26.6. The van der Waals surface area contributed by atoms with E-state index in [-0.39, 0.29) is 5.54 Å². The van der Waals surface area contributed by atoms with Gasteiger partial charge in [-0.05, 0) is 37.3 Å². The van der Waals surface area contributed by atoms with E-state index in [4.69, 9.17) is 11.6 Å². The van der Waals surface area contributed by atoms with Crippen molar-refractivity contribution in [3.8, 4) is 0 Å². The van der Waals surface area contributed by atoms with Gasteiger partial charge in [0.05, 0.1) is 10.6 Å². The Hall–Kier alpha value is -0.0500. The number of hydrogen-bond donors (Lipinski definition) is 1. The van der Waals surface area contributed by atoms with Crippen molar-refractivity contribution in [1.82, 2.24) is 5.32 Å². The Bertz CT molecular complexity index is 326. The highest BCUT2D eigenvalue weighted by Gasteiger charge is 2.34. The van der Waals surface area contributed by atoms with E-state index >= 15 is 0 Å². The molecule has 0 saturated carbocycles. The first-order chi connectivity index (χ1) is 7.78. The van der Waals surface area contributed by atoms with Gasteiger partial charge in [-0.1, -0.05) is 37.8 Å². The monoisotopic (exact) mass is 257 g/mol. The highest BCUT2D eigenvalue weighted by Crippen LogP contribution is 2.40. The lowest BCUT2D eigenvalue weighted by Gasteiger charge is -2.33. The van der Waals surface area contributed by atoms with Gasteiger partial charge in [-0.3, -0.25) is 0 Å². The number of hydrogen-bond acceptors (Lipinski definition) is 2. The molecule has 1 N–H and O–H groups in total. The second-order valence-corrected chi connectivity index (χ2v) is 5.99. The van der Waals surface area contributed by atoms with Gasteiger partial charge < -0.3 is 5.32 Å². The van der Waals surface area contributed by atoms with Crippen LogP contribution in [-0.4, -0.2) is 6.54 Å². The van der Waals surface area contributed by atoms with Crippen LogP contribution in [0.5, 0.6) is 0 Å². The summed E-state index contributed by atoms with van der Waals surface area (Å²) in [6.07, 6.45) is 7.62. The SMILES string of the molecule is CCCC1(c2sccc2Cl)CCCCCN1. The van der Waals surface area contributed by atoms with Crippen LogP contribution < -0.4 is 5.32 Å². The van der Waals surface area contributed by atoms with Gasteiger partial charge in [0.1, 0.15) is 0 Å². The van der Waals surface area contributed by atoms with E-state index in [1.165, 1.54) is 43.4 Å². The van der Waals surface area contributed by atoms with E-state index in [9.17, 15) is 0 Å². The Labute approximate surface area is 107 Å². The van der Waals surface area contributed by atoms with Gasteiger partial charge in [0.15, 0.2) is 0 Å². The average molecular weight is 258 g/mol. The molecule has 1 atom stereocenters. The molecule has 0 aliphatic carbocycles. The predicted octanol–water partition coefficient (Wildman–Crippen LogP) is 4.56. The molecule has 1 saturated heterocycles. The van der Waals surface area contributed by atoms with E-state index in [2.05, 4.69) is 17.6 Å². The van der Waals surface area contributed by atoms with Crippen molar-refractivity contribution in [2.45, 2.75) is 51.0 Å². The molecule has 3 heteroatoms. The highest BCUT2D eigenvalue weighted by molar-refractivity contribution is 7.10. The molecule has 1 aliphatic heterocycles. The Morgan fingerprint density at radius 2 is 2.31 bits per heavy atom. The van der Waals surface area contributed by atoms with Crippen LogP contribution in [0, 0.1) is 0 Å². The zero-order chi connectivity index (χ0) is 11.4. The van der Waals surface area contributed by atoms with Crippen LogP contribution in [0.15, 0.2) is 11.4 Å². The van der Waals surface area contributed by atoms with Gasteiger partial charge >= 0.3 is 0 Å². The summed E-state index contributed by atoms with van der Waals surface area (Å²) in [5, 5.41) is 6.83. The van der Waals surface area contributed by atoms with Gasteiger partial charge in [-0.2, -0.15) is 0 Å². The minimum absolute atomic E-state index is 0.163. The van der Waals surface area contributed by atoms with Crippen LogP contribution in [0.3, 0.4) is 0 Å². The van der Waals surface area contributed by atoms with Gasteiger partial charge in [0.2, 0.25) is 0 Å². The summed E-state index contributed by atoms with van der Waals surface area (Å²) in [7, 11) is 0. The molecule has 1 nitrogen and oxygen atoms in total. The lowest BCUT2D eigenvalue weighted by molar-refractivity contribution is 0.304. The van der Waals surface area contributed by atoms with Crippen LogP contribution >= 0.6 is 22.9 Å². The van der Waals surface area contributed by atoms with Crippen molar-refractivity contribution in [3.63, 3.8) is 0 Å². The largest absolute Gasteiger partial charge is 0.307 e. The smallest absolute Gasteiger partial charge is 0.0564 e. The molecule has 1 unspecified atom stereocenters. The lowest BCUT2D eigenvalue weighted by Crippen LogP contribution is -2.41. The molecule has 2 heterocycles. The van der Waals surface area contributed by atoms with E-state index in [0.717, 1.165) is 11.6 Å². The molecular weight excluding hydrogens is 238 g/mol. The van der Waals surface area contributed by atoms with Crippen molar-refractivity contribution < 1.29 is 0 Å². The third-order valence-electron chi connectivity index (χ3n) is 3.47. The predicted molar refractivity (Wildman–Crippen MR) is 72.4 cm³/mol. The molecule has 90 valence electrons. The highest BCUT2D eigenvalue weighted by atomic mass is 35.5. The van der Waals surface area contributed by atoms with Crippen LogP contribution in [-0.2, 0) is 5.54 Å². The maximum Gasteiger partial charge on any atom is 0.0564 e. The Morgan fingerprint density at radius 3 is 3.00 bits per heavy atom. The quantitative estimate of drug-likeness (QED) is 0.837. The Balaban J connectivity index is 2.29. The second kappa shape index (κ2) is 5.52. The summed E-state index contributed by atoms with van der Waals surface area (Å²) in [6.45, 7) is 3.39. The van der Waals surface area contributed by atoms with Crippen molar-refractivity contribution in [1.29, 1.82) is 0 Å². The lowest BCUT2D eigenvalue weighted by atomic mass is 9.87. The first kappa shape index (κ1) is 12.4. The van der Waals surface area contributed by atoms with Crippen LogP contribution in [0.25, 0.3) is 0 Å². The molecule has 0 amide bonds. The number of rotatable bonds is 3. The molecule has 1 aliphatic rings. The summed E-state index contributed by atoms with van der Waals surface area (Å²) in [4.78, 5) is 1.36. The third kappa shape index (κ3) is 2.44. The summed E-state index contributed by atoms with van der Waals surface area (Å²) in [5.41, 5.74) is 0.163. The maximum atomic E-state index is 6.32. The number of thiophene rings is 1. The molecule has 1 fully saturated rings. The van der Waals surface area contributed by atoms with Crippen LogP contribution in [0.1, 0.15) is 50.3 Å². The van der Waals surface area contributed by atoms with Crippen molar-refractivity contribution >= 4 is 22.9 Å². The van der Waals surface area contributed by atoms with Gasteiger partial charge in [0.25, 0.3) is 0 Å². The third-order valence-corrected chi connectivity index (χ3v) is 5.02. The fourth-order valence-electron chi connectivity index (χ4n) is 2.73. The number of halogens is 1. The fourth-order valence-corrected chi connectivity index (χ4v) is 4.20. The molecule has 0 radical (unpaired) electrons. The summed E-state index contributed by atoms with van der Waals surface area (Å²) < 4.78 is 0.